The summed E-state index contributed by atoms with van der Waals surface area (Å²) < 4.78 is 0.918. The Morgan fingerprint density at radius 3 is 2.90 bits per heavy atom. The van der Waals surface area contributed by atoms with E-state index in [4.69, 9.17) is 0 Å². The van der Waals surface area contributed by atoms with Gasteiger partial charge < -0.3 is 5.11 Å². The second-order valence-electron chi connectivity index (χ2n) is 6.02. The van der Waals surface area contributed by atoms with Gasteiger partial charge in [0.1, 0.15) is 0 Å². The summed E-state index contributed by atoms with van der Waals surface area (Å²) in [7, 11) is 0. The molecule has 0 bridgehead atoms. The summed E-state index contributed by atoms with van der Waals surface area (Å²) in [6.07, 6.45) is 4.25. The van der Waals surface area contributed by atoms with Crippen molar-refractivity contribution in [2.45, 2.75) is 38.7 Å². The molecule has 3 heteroatoms. The third kappa shape index (κ3) is 2.75. The summed E-state index contributed by atoms with van der Waals surface area (Å²) in [5.74, 6) is 1.05. The highest BCUT2D eigenvalue weighted by molar-refractivity contribution is 9.10. The van der Waals surface area contributed by atoms with Crippen molar-refractivity contribution in [2.75, 3.05) is 0 Å². The van der Waals surface area contributed by atoms with Gasteiger partial charge in [0.15, 0.2) is 0 Å². The van der Waals surface area contributed by atoms with E-state index in [1.54, 1.807) is 0 Å². The molecule has 0 amide bonds. The molecule has 1 N–H and O–H groups in total. The number of para-hydroxylation sites is 1. The van der Waals surface area contributed by atoms with Crippen LogP contribution in [-0.2, 0) is 0 Å². The van der Waals surface area contributed by atoms with Gasteiger partial charge in [-0.25, -0.2) is 4.98 Å². The number of aliphatic hydroxyl groups excluding tert-OH is 1. The van der Waals surface area contributed by atoms with Crippen LogP contribution in [0.15, 0.2) is 34.8 Å². The molecule has 1 aromatic carbocycles. The van der Waals surface area contributed by atoms with E-state index in [2.05, 4.69) is 33.9 Å². The van der Waals surface area contributed by atoms with Gasteiger partial charge in [-0.1, -0.05) is 38.0 Å². The number of pyridine rings is 1. The predicted octanol–water partition coefficient (Wildman–Crippen LogP) is 4.86. The minimum absolute atomic E-state index is 0.337. The van der Waals surface area contributed by atoms with Crippen molar-refractivity contribution < 1.29 is 5.11 Å². The third-order valence-corrected chi connectivity index (χ3v) is 5.04. The fourth-order valence-corrected chi connectivity index (χ4v) is 3.87. The molecule has 1 aliphatic carbocycles. The molecule has 3 unspecified atom stereocenters. The minimum Gasteiger partial charge on any atom is -0.386 e. The fraction of sp³-hybridized carbons (Fsp3) is 0.471. The maximum Gasteiger partial charge on any atom is 0.0999 e. The number of aliphatic hydroxyl groups is 1. The molecule has 3 rings (SSSR count). The van der Waals surface area contributed by atoms with Gasteiger partial charge in [-0.2, -0.15) is 0 Å². The van der Waals surface area contributed by atoms with Crippen molar-refractivity contribution in [3.63, 3.8) is 0 Å². The third-order valence-electron chi connectivity index (χ3n) is 4.41. The zero-order valence-electron chi connectivity index (χ0n) is 11.7. The molecule has 106 valence electrons. The molecule has 0 spiro atoms. The van der Waals surface area contributed by atoms with Gasteiger partial charge in [0.25, 0.3) is 0 Å². The topological polar surface area (TPSA) is 33.1 Å². The molecule has 20 heavy (non-hydrogen) atoms. The Kier molecular flexibility index (Phi) is 4.08. The van der Waals surface area contributed by atoms with E-state index >= 15 is 0 Å². The Balaban J connectivity index is 1.94. The lowest BCUT2D eigenvalue weighted by molar-refractivity contribution is 0.0677. The Labute approximate surface area is 128 Å². The van der Waals surface area contributed by atoms with E-state index in [0.717, 1.165) is 33.9 Å². The lowest BCUT2D eigenvalue weighted by atomic mass is 9.79. The molecule has 1 heterocycles. The van der Waals surface area contributed by atoms with E-state index in [0.29, 0.717) is 11.8 Å². The van der Waals surface area contributed by atoms with Crippen molar-refractivity contribution in [3.8, 4) is 0 Å². The van der Waals surface area contributed by atoms with Crippen LogP contribution in [0.2, 0.25) is 0 Å². The van der Waals surface area contributed by atoms with Crippen molar-refractivity contribution in [2.24, 2.45) is 11.8 Å². The zero-order valence-corrected chi connectivity index (χ0v) is 13.3. The number of hydrogen-bond donors (Lipinski definition) is 1. The quantitative estimate of drug-likeness (QED) is 0.851. The van der Waals surface area contributed by atoms with E-state index in [1.807, 2.05) is 24.3 Å². The highest BCUT2D eigenvalue weighted by Gasteiger charge is 2.28. The molecule has 2 nitrogen and oxygen atoms in total. The van der Waals surface area contributed by atoms with Crippen LogP contribution in [0.5, 0.6) is 0 Å². The van der Waals surface area contributed by atoms with Gasteiger partial charge in [0, 0.05) is 9.86 Å². The van der Waals surface area contributed by atoms with Crippen LogP contribution in [0.1, 0.15) is 44.4 Å². The highest BCUT2D eigenvalue weighted by atomic mass is 79.9. The first-order valence-electron chi connectivity index (χ1n) is 7.38. The van der Waals surface area contributed by atoms with Crippen molar-refractivity contribution in [3.05, 3.63) is 40.5 Å². The summed E-state index contributed by atoms with van der Waals surface area (Å²) in [5.41, 5.74) is 1.75. The Bertz CT molecular complexity index is 613. The molecule has 0 saturated heterocycles. The van der Waals surface area contributed by atoms with Gasteiger partial charge in [-0.3, -0.25) is 0 Å². The Hall–Kier alpha value is -0.930. The fourth-order valence-electron chi connectivity index (χ4n) is 3.30. The summed E-state index contributed by atoms with van der Waals surface area (Å²) >= 11 is 3.58. The van der Waals surface area contributed by atoms with Crippen molar-refractivity contribution in [1.29, 1.82) is 0 Å². The maximum absolute atomic E-state index is 10.7. The molecule has 1 aliphatic rings. The van der Waals surface area contributed by atoms with Crippen LogP contribution >= 0.6 is 15.9 Å². The molecular formula is C17H20BrNO. The van der Waals surface area contributed by atoms with Gasteiger partial charge in [0.05, 0.1) is 17.3 Å². The molecule has 1 fully saturated rings. The van der Waals surface area contributed by atoms with Crippen LogP contribution in [-0.4, -0.2) is 10.1 Å². The number of fused-ring (bicyclic) bond motifs is 1. The Morgan fingerprint density at radius 2 is 2.10 bits per heavy atom. The summed E-state index contributed by atoms with van der Waals surface area (Å²) in [6, 6.07) is 10.1. The van der Waals surface area contributed by atoms with Crippen LogP contribution in [0.4, 0.5) is 0 Å². The molecule has 2 aromatic rings. The van der Waals surface area contributed by atoms with Gasteiger partial charge in [0.2, 0.25) is 0 Å². The zero-order chi connectivity index (χ0) is 14.1. The van der Waals surface area contributed by atoms with Crippen LogP contribution in [0, 0.1) is 11.8 Å². The number of nitrogens with zero attached hydrogens (tertiary/aromatic N) is 1. The molecule has 3 atom stereocenters. The first kappa shape index (κ1) is 14.0. The van der Waals surface area contributed by atoms with Gasteiger partial charge >= 0.3 is 0 Å². The predicted molar refractivity (Wildman–Crippen MR) is 85.5 cm³/mol. The second kappa shape index (κ2) is 5.82. The van der Waals surface area contributed by atoms with E-state index in [-0.39, 0.29) is 0 Å². The minimum atomic E-state index is -0.461. The molecular weight excluding hydrogens is 314 g/mol. The standard InChI is InChI=1S/C17H20BrNO/c1-11-5-4-7-13(9-11)17(20)16-14(18)10-12-6-2-3-8-15(12)19-16/h2-3,6,8,10-11,13,17,20H,4-5,7,9H2,1H3. The average molecular weight is 334 g/mol. The normalized spacial score (nSPS) is 24.8. The van der Waals surface area contributed by atoms with E-state index < -0.39 is 6.10 Å². The molecule has 0 aliphatic heterocycles. The summed E-state index contributed by atoms with van der Waals surface area (Å²) in [5, 5.41) is 11.8. The number of hydrogen-bond acceptors (Lipinski definition) is 2. The van der Waals surface area contributed by atoms with Gasteiger partial charge in [-0.05, 0) is 52.7 Å². The second-order valence-corrected chi connectivity index (χ2v) is 6.88. The number of aromatic nitrogens is 1. The largest absolute Gasteiger partial charge is 0.386 e. The summed E-state index contributed by atoms with van der Waals surface area (Å²) in [4.78, 5) is 4.68. The molecule has 1 aromatic heterocycles. The number of halogens is 1. The maximum atomic E-state index is 10.7. The van der Waals surface area contributed by atoms with Crippen LogP contribution in [0.3, 0.4) is 0 Å². The van der Waals surface area contributed by atoms with E-state index in [1.165, 1.54) is 12.8 Å². The number of rotatable bonds is 2. The number of benzene rings is 1. The SMILES string of the molecule is CC1CCCC(C(O)c2nc3ccccc3cc2Br)C1. The van der Waals surface area contributed by atoms with Gasteiger partial charge in [-0.15, -0.1) is 0 Å². The molecule has 1 saturated carbocycles. The van der Waals surface area contributed by atoms with Crippen LogP contribution in [0.25, 0.3) is 10.9 Å². The summed E-state index contributed by atoms with van der Waals surface area (Å²) in [6.45, 7) is 2.28. The smallest absolute Gasteiger partial charge is 0.0999 e. The first-order chi connectivity index (χ1) is 9.65. The van der Waals surface area contributed by atoms with Crippen LogP contribution < -0.4 is 0 Å². The highest BCUT2D eigenvalue weighted by Crippen LogP contribution is 2.39. The molecule has 0 radical (unpaired) electrons. The van der Waals surface area contributed by atoms with Crippen molar-refractivity contribution in [1.82, 2.24) is 4.98 Å². The first-order valence-corrected chi connectivity index (χ1v) is 8.17. The monoisotopic (exact) mass is 333 g/mol. The average Bonchev–Trinajstić information content (AvgIpc) is 2.46. The lowest BCUT2D eigenvalue weighted by Gasteiger charge is -2.30. The van der Waals surface area contributed by atoms with E-state index in [9.17, 15) is 5.11 Å². The Morgan fingerprint density at radius 1 is 1.30 bits per heavy atom. The lowest BCUT2D eigenvalue weighted by Crippen LogP contribution is -2.21. The van der Waals surface area contributed by atoms with Crippen molar-refractivity contribution >= 4 is 26.8 Å².